The highest BCUT2D eigenvalue weighted by Crippen LogP contribution is 2.33. The van der Waals surface area contributed by atoms with Gasteiger partial charge in [0.15, 0.2) is 17.3 Å². The number of fused-ring (bicyclic) bond motifs is 1. The van der Waals surface area contributed by atoms with E-state index >= 15 is 0 Å². The molecule has 0 N–H and O–H groups in total. The van der Waals surface area contributed by atoms with E-state index in [0.717, 1.165) is 26.4 Å². The second-order valence-electron chi connectivity index (χ2n) is 8.10. The van der Waals surface area contributed by atoms with Crippen LogP contribution in [0.1, 0.15) is 5.56 Å². The first-order valence-electron chi connectivity index (χ1n) is 10.7. The van der Waals surface area contributed by atoms with Crippen molar-refractivity contribution < 1.29 is 21.9 Å². The highest BCUT2D eigenvalue weighted by molar-refractivity contribution is 9.10. The number of ether oxygens (including phenoxy) is 1. The Morgan fingerprint density at radius 1 is 1.11 bits per heavy atom. The Labute approximate surface area is 218 Å². The van der Waals surface area contributed by atoms with Crippen molar-refractivity contribution in [3.63, 3.8) is 0 Å². The van der Waals surface area contributed by atoms with Gasteiger partial charge in [-0.05, 0) is 33.6 Å². The molecular weight excluding hydrogens is 574 g/mol. The summed E-state index contributed by atoms with van der Waals surface area (Å²) in [6.07, 6.45) is 3.38. The molecule has 0 spiro atoms. The summed E-state index contributed by atoms with van der Waals surface area (Å²) in [5.41, 5.74) is 1.05. The monoisotopic (exact) mass is 592 g/mol. The van der Waals surface area contributed by atoms with Gasteiger partial charge in [0.1, 0.15) is 35.0 Å². The van der Waals surface area contributed by atoms with Crippen LogP contribution in [0.2, 0.25) is 0 Å². The molecule has 192 valence electrons. The molecule has 11 nitrogen and oxygen atoms in total. The number of halogens is 3. The number of hydrogen-bond donors (Lipinski definition) is 0. The Morgan fingerprint density at radius 2 is 1.84 bits per heavy atom. The SMILES string of the molecule is COc1ccc(Cn2nc(Br)nc2-c2nc3c(F)cc(F)cn3c2-c2cn(S(=O)(=O)N(C)C)cn2)cc1. The van der Waals surface area contributed by atoms with Crippen molar-refractivity contribution in [1.29, 1.82) is 0 Å². The largest absolute Gasteiger partial charge is 0.497 e. The lowest BCUT2D eigenvalue weighted by molar-refractivity contribution is 0.414. The first-order chi connectivity index (χ1) is 17.6. The lowest BCUT2D eigenvalue weighted by Gasteiger charge is -2.10. The molecule has 1 aromatic carbocycles. The summed E-state index contributed by atoms with van der Waals surface area (Å²) in [7, 11) is 0.430. The summed E-state index contributed by atoms with van der Waals surface area (Å²) in [4.78, 5) is 13.0. The topological polar surface area (TPSA) is 112 Å². The normalized spacial score (nSPS) is 12.1. The minimum atomic E-state index is -3.89. The number of nitrogens with zero attached hydrogens (tertiary/aromatic N) is 8. The molecular formula is C22H19BrF2N8O3S. The van der Waals surface area contributed by atoms with Gasteiger partial charge >= 0.3 is 10.2 Å². The number of hydrogen-bond acceptors (Lipinski definition) is 7. The minimum absolute atomic E-state index is 0.105. The van der Waals surface area contributed by atoms with Gasteiger partial charge in [0.2, 0.25) is 4.73 Å². The molecule has 5 aromatic rings. The Bertz CT molecular complexity index is 1730. The fourth-order valence-electron chi connectivity index (χ4n) is 3.72. The highest BCUT2D eigenvalue weighted by atomic mass is 79.9. The highest BCUT2D eigenvalue weighted by Gasteiger charge is 2.27. The van der Waals surface area contributed by atoms with Crippen LogP contribution in [0.5, 0.6) is 5.75 Å². The molecule has 0 amide bonds. The average Bonchev–Trinajstić information content (AvgIpc) is 3.56. The third-order valence-corrected chi connectivity index (χ3v) is 7.51. The number of rotatable bonds is 7. The minimum Gasteiger partial charge on any atom is -0.497 e. The predicted octanol–water partition coefficient (Wildman–Crippen LogP) is 3.21. The standard InChI is InChI=1S/C22H19BrF2N8O3S/c1-30(2)37(34,35)31-11-17(26-12-31)19-18(27-20-16(25)8-14(24)10-32(19)20)21-28-22(23)29-33(21)9-13-4-6-15(36-3)7-5-13/h4-8,10-12H,9H2,1-3H3. The van der Waals surface area contributed by atoms with Gasteiger partial charge in [-0.15, -0.1) is 5.10 Å². The van der Waals surface area contributed by atoms with Crippen molar-refractivity contribution in [1.82, 2.24) is 37.4 Å². The van der Waals surface area contributed by atoms with E-state index in [1.54, 1.807) is 23.9 Å². The van der Waals surface area contributed by atoms with Gasteiger partial charge in [0.25, 0.3) is 0 Å². The molecule has 37 heavy (non-hydrogen) atoms. The molecule has 0 aliphatic rings. The van der Waals surface area contributed by atoms with Gasteiger partial charge in [-0.3, -0.25) is 4.40 Å². The molecule has 4 heterocycles. The quantitative estimate of drug-likeness (QED) is 0.285. The van der Waals surface area contributed by atoms with Gasteiger partial charge in [-0.25, -0.2) is 27.4 Å². The van der Waals surface area contributed by atoms with Crippen LogP contribution in [-0.2, 0) is 16.8 Å². The summed E-state index contributed by atoms with van der Waals surface area (Å²) in [6, 6.07) is 8.01. The summed E-state index contributed by atoms with van der Waals surface area (Å²) in [5.74, 6) is -0.845. The van der Waals surface area contributed by atoms with Crippen LogP contribution in [0.4, 0.5) is 8.78 Å². The molecule has 15 heteroatoms. The van der Waals surface area contributed by atoms with Crippen molar-refractivity contribution >= 4 is 31.8 Å². The van der Waals surface area contributed by atoms with Crippen molar-refractivity contribution in [2.24, 2.45) is 0 Å². The Kier molecular flexibility index (Phi) is 6.29. The summed E-state index contributed by atoms with van der Waals surface area (Å²) in [6.45, 7) is 0.269. The molecule has 0 bridgehead atoms. The van der Waals surface area contributed by atoms with Crippen LogP contribution in [0.3, 0.4) is 0 Å². The van der Waals surface area contributed by atoms with Crippen LogP contribution >= 0.6 is 15.9 Å². The predicted molar refractivity (Wildman–Crippen MR) is 133 cm³/mol. The van der Waals surface area contributed by atoms with Crippen LogP contribution in [0.25, 0.3) is 28.6 Å². The molecule has 4 aromatic heterocycles. The molecule has 0 saturated heterocycles. The van der Waals surface area contributed by atoms with Crippen LogP contribution in [0.15, 0.2) is 53.8 Å². The maximum atomic E-state index is 14.8. The molecule has 0 aliphatic heterocycles. The zero-order valence-corrected chi connectivity index (χ0v) is 22.1. The Hall–Kier alpha value is -3.69. The van der Waals surface area contributed by atoms with Gasteiger partial charge in [0.05, 0.1) is 19.9 Å². The second-order valence-corrected chi connectivity index (χ2v) is 10.9. The number of imidazole rings is 2. The number of pyridine rings is 1. The van der Waals surface area contributed by atoms with Gasteiger partial charge in [-0.2, -0.15) is 17.7 Å². The molecule has 5 rings (SSSR count). The molecule has 0 atom stereocenters. The lowest BCUT2D eigenvalue weighted by atomic mass is 10.2. The van der Waals surface area contributed by atoms with Crippen molar-refractivity contribution in [2.75, 3.05) is 21.2 Å². The third kappa shape index (κ3) is 4.49. The molecule has 0 saturated carbocycles. The average molecular weight is 593 g/mol. The van der Waals surface area contributed by atoms with E-state index in [0.29, 0.717) is 11.8 Å². The molecule has 0 fully saturated rings. The van der Waals surface area contributed by atoms with Crippen LogP contribution < -0.4 is 4.74 Å². The van der Waals surface area contributed by atoms with Crippen LogP contribution in [0, 0.1) is 11.6 Å². The summed E-state index contributed by atoms with van der Waals surface area (Å²) >= 11 is 3.28. The first-order valence-corrected chi connectivity index (χ1v) is 12.9. The Morgan fingerprint density at radius 3 is 2.51 bits per heavy atom. The van der Waals surface area contributed by atoms with E-state index in [2.05, 4.69) is 36.0 Å². The second kappa shape index (κ2) is 9.32. The van der Waals surface area contributed by atoms with Crippen LogP contribution in [-0.4, -0.2) is 67.0 Å². The fourth-order valence-corrected chi connectivity index (χ4v) is 4.86. The van der Waals surface area contributed by atoms with E-state index < -0.39 is 21.8 Å². The smallest absolute Gasteiger partial charge is 0.308 e. The van der Waals surface area contributed by atoms with Gasteiger partial charge < -0.3 is 4.74 Å². The summed E-state index contributed by atoms with van der Waals surface area (Å²) in [5, 5.41) is 4.38. The lowest BCUT2D eigenvalue weighted by Crippen LogP contribution is -2.27. The maximum Gasteiger partial charge on any atom is 0.308 e. The zero-order chi connectivity index (χ0) is 26.5. The summed E-state index contributed by atoms with van der Waals surface area (Å²) < 4.78 is 64.3. The number of benzene rings is 1. The van der Waals surface area contributed by atoms with Crippen molar-refractivity contribution in [3.05, 3.63) is 71.0 Å². The maximum absolute atomic E-state index is 14.8. The first kappa shape index (κ1) is 25.0. The van der Waals surface area contributed by atoms with E-state index in [9.17, 15) is 17.2 Å². The molecule has 0 radical (unpaired) electrons. The van der Waals surface area contributed by atoms with E-state index in [1.807, 2.05) is 12.1 Å². The number of methoxy groups -OCH3 is 1. The van der Waals surface area contributed by atoms with E-state index in [-0.39, 0.29) is 39.8 Å². The van der Waals surface area contributed by atoms with Crippen molar-refractivity contribution in [2.45, 2.75) is 6.54 Å². The van der Waals surface area contributed by atoms with E-state index in [1.165, 1.54) is 24.7 Å². The number of aromatic nitrogens is 7. The van der Waals surface area contributed by atoms with Gasteiger partial charge in [0, 0.05) is 26.4 Å². The third-order valence-electron chi connectivity index (χ3n) is 5.52. The van der Waals surface area contributed by atoms with Crippen molar-refractivity contribution in [3.8, 4) is 28.7 Å². The zero-order valence-electron chi connectivity index (χ0n) is 19.7. The Balaban J connectivity index is 1.71. The molecule has 0 unspecified atom stereocenters. The van der Waals surface area contributed by atoms with Gasteiger partial charge in [-0.1, -0.05) is 12.1 Å². The van der Waals surface area contributed by atoms with E-state index in [4.69, 9.17) is 4.74 Å². The molecule has 0 aliphatic carbocycles. The fraction of sp³-hybridized carbons (Fsp3) is 0.182.